The number of rotatable bonds is 1. The Bertz CT molecular complexity index is 1030. The van der Waals surface area contributed by atoms with Crippen LogP contribution in [0.25, 0.3) is 16.6 Å². The fourth-order valence-corrected chi connectivity index (χ4v) is 7.85. The zero-order valence-electron chi connectivity index (χ0n) is 17.8. The summed E-state index contributed by atoms with van der Waals surface area (Å²) in [4.78, 5) is 0. The second-order valence-electron chi connectivity index (χ2n) is 10.7. The molecule has 152 valence electrons. The van der Waals surface area contributed by atoms with Crippen LogP contribution in [0.2, 0.25) is 0 Å². The molecular weight excluding hydrogens is 354 g/mol. The van der Waals surface area contributed by atoms with Crippen molar-refractivity contribution in [3.63, 3.8) is 0 Å². The molecule has 2 fully saturated rings. The second kappa shape index (κ2) is 6.11. The molecule has 1 N–H and O–H groups in total. The van der Waals surface area contributed by atoms with Crippen LogP contribution < -0.4 is 0 Å². The highest BCUT2D eigenvalue weighted by molar-refractivity contribution is 5.84. The van der Waals surface area contributed by atoms with Gasteiger partial charge in [-0.3, -0.25) is 0 Å². The van der Waals surface area contributed by atoms with Crippen LogP contribution in [0.4, 0.5) is 0 Å². The standard InChI is InChI=1S/C27H33NO/c1-26-14-11-20(29)17-19(26)7-8-21-22-9-10-25(27(22,2)15-12-23(21)26)28-16-13-18-5-3-4-6-24(18)28/h3-7,10,13,16,20-23,29H,8-9,11-12,14-15,17H2,1-2H3/t20-,21?,22?,23?,26-,27-/m0/s1. The molecule has 1 aromatic heterocycles. The van der Waals surface area contributed by atoms with Crippen LogP contribution in [0.5, 0.6) is 0 Å². The third-order valence-corrected chi connectivity index (χ3v) is 9.48. The Morgan fingerprint density at radius 2 is 1.76 bits per heavy atom. The molecular formula is C27H33NO. The van der Waals surface area contributed by atoms with E-state index in [-0.39, 0.29) is 11.5 Å². The lowest BCUT2D eigenvalue weighted by atomic mass is 9.48. The Labute approximate surface area is 174 Å². The molecule has 29 heavy (non-hydrogen) atoms. The van der Waals surface area contributed by atoms with Gasteiger partial charge in [0, 0.05) is 17.3 Å². The van der Waals surface area contributed by atoms with Crippen LogP contribution in [0, 0.1) is 28.6 Å². The summed E-state index contributed by atoms with van der Waals surface area (Å²) in [6.07, 6.45) is 15.4. The summed E-state index contributed by atoms with van der Waals surface area (Å²) >= 11 is 0. The van der Waals surface area contributed by atoms with E-state index in [9.17, 15) is 5.11 Å². The summed E-state index contributed by atoms with van der Waals surface area (Å²) in [7, 11) is 0. The summed E-state index contributed by atoms with van der Waals surface area (Å²) in [5, 5.41) is 11.6. The molecule has 2 heteroatoms. The van der Waals surface area contributed by atoms with Gasteiger partial charge in [0.2, 0.25) is 0 Å². The third kappa shape index (κ3) is 2.39. The molecule has 0 saturated heterocycles. The lowest BCUT2D eigenvalue weighted by molar-refractivity contribution is -0.0248. The third-order valence-electron chi connectivity index (χ3n) is 9.48. The average Bonchev–Trinajstić information content (AvgIpc) is 3.29. The van der Waals surface area contributed by atoms with Gasteiger partial charge in [0.15, 0.2) is 0 Å². The summed E-state index contributed by atoms with van der Waals surface area (Å²) in [5.41, 5.74) is 5.07. The highest BCUT2D eigenvalue weighted by Gasteiger charge is 2.57. The average molecular weight is 388 g/mol. The summed E-state index contributed by atoms with van der Waals surface area (Å²) in [6.45, 7) is 5.07. The number of hydrogen-bond acceptors (Lipinski definition) is 1. The quantitative estimate of drug-likeness (QED) is 0.562. The van der Waals surface area contributed by atoms with Crippen LogP contribution in [-0.4, -0.2) is 15.8 Å². The van der Waals surface area contributed by atoms with E-state index in [1.165, 1.54) is 43.0 Å². The minimum Gasteiger partial charge on any atom is -0.393 e. The van der Waals surface area contributed by atoms with Crippen LogP contribution >= 0.6 is 0 Å². The maximum atomic E-state index is 10.2. The lowest BCUT2D eigenvalue weighted by Crippen LogP contribution is -2.50. The number of nitrogens with zero attached hydrogens (tertiary/aromatic N) is 1. The van der Waals surface area contributed by atoms with Gasteiger partial charge in [-0.1, -0.05) is 49.8 Å². The molecule has 0 bridgehead atoms. The molecule has 6 rings (SSSR count). The van der Waals surface area contributed by atoms with E-state index in [0.717, 1.165) is 30.6 Å². The Morgan fingerprint density at radius 1 is 0.931 bits per heavy atom. The fourth-order valence-electron chi connectivity index (χ4n) is 7.85. The number of allylic oxidation sites excluding steroid dienone is 3. The SMILES string of the molecule is C[C@]12CC[C@H](O)CC1=CCC1C2CC[C@]2(C)C(n3ccc4ccccc43)=CCC12. The summed E-state index contributed by atoms with van der Waals surface area (Å²) in [6, 6.07) is 11.1. The molecule has 3 unspecified atom stereocenters. The maximum absolute atomic E-state index is 10.2. The van der Waals surface area contributed by atoms with Crippen LogP contribution in [0.3, 0.4) is 0 Å². The van der Waals surface area contributed by atoms with Gasteiger partial charge >= 0.3 is 0 Å². The monoisotopic (exact) mass is 387 g/mol. The Morgan fingerprint density at radius 3 is 2.66 bits per heavy atom. The van der Waals surface area contributed by atoms with Crippen LogP contribution in [0.15, 0.2) is 54.3 Å². The minimum atomic E-state index is -0.110. The molecule has 1 heterocycles. The zero-order chi connectivity index (χ0) is 19.8. The molecule has 0 spiro atoms. The molecule has 6 atom stereocenters. The summed E-state index contributed by atoms with van der Waals surface area (Å²) in [5.74, 6) is 2.33. The zero-order valence-corrected chi connectivity index (χ0v) is 17.8. The first-order valence-electron chi connectivity index (χ1n) is 11.7. The Kier molecular flexibility index (Phi) is 3.79. The van der Waals surface area contributed by atoms with Crippen LogP contribution in [0.1, 0.15) is 58.8 Å². The van der Waals surface area contributed by atoms with Gasteiger partial charge in [-0.2, -0.15) is 0 Å². The molecule has 2 aromatic rings. The van der Waals surface area contributed by atoms with Crippen molar-refractivity contribution < 1.29 is 5.11 Å². The number of benzene rings is 1. The molecule has 4 aliphatic carbocycles. The highest BCUT2D eigenvalue weighted by Crippen LogP contribution is 2.65. The van der Waals surface area contributed by atoms with E-state index in [2.05, 4.69) is 67.1 Å². The number of fused-ring (bicyclic) bond motifs is 6. The van der Waals surface area contributed by atoms with E-state index in [4.69, 9.17) is 0 Å². The van der Waals surface area contributed by atoms with Crippen molar-refractivity contribution in [2.45, 2.75) is 64.9 Å². The van der Waals surface area contributed by atoms with Gasteiger partial charge < -0.3 is 9.67 Å². The first-order chi connectivity index (χ1) is 14.0. The van der Waals surface area contributed by atoms with E-state index in [0.29, 0.717) is 5.41 Å². The minimum absolute atomic E-state index is 0.110. The topological polar surface area (TPSA) is 25.2 Å². The lowest BCUT2D eigenvalue weighted by Gasteiger charge is -2.57. The van der Waals surface area contributed by atoms with Crippen molar-refractivity contribution in [1.29, 1.82) is 0 Å². The maximum Gasteiger partial charge on any atom is 0.0577 e. The first kappa shape index (κ1) is 18.0. The first-order valence-corrected chi connectivity index (χ1v) is 11.7. The number of hydrogen-bond donors (Lipinski definition) is 1. The molecule has 0 radical (unpaired) electrons. The molecule has 2 nitrogen and oxygen atoms in total. The number of para-hydroxylation sites is 1. The normalized spacial score (nSPS) is 41.3. The van der Waals surface area contributed by atoms with E-state index in [1.807, 2.05) is 0 Å². The number of aliphatic hydroxyl groups is 1. The molecule has 0 amide bonds. The molecule has 2 saturated carbocycles. The fraction of sp³-hybridized carbons (Fsp3) is 0.556. The predicted molar refractivity (Wildman–Crippen MR) is 119 cm³/mol. The van der Waals surface area contributed by atoms with E-state index < -0.39 is 0 Å². The van der Waals surface area contributed by atoms with Crippen molar-refractivity contribution in [1.82, 2.24) is 4.57 Å². The van der Waals surface area contributed by atoms with E-state index in [1.54, 1.807) is 11.3 Å². The Balaban J connectivity index is 1.36. The van der Waals surface area contributed by atoms with Gasteiger partial charge in [-0.25, -0.2) is 0 Å². The predicted octanol–water partition coefficient (Wildman–Crippen LogP) is 6.42. The summed E-state index contributed by atoms with van der Waals surface area (Å²) < 4.78 is 2.48. The van der Waals surface area contributed by atoms with Gasteiger partial charge in [0.05, 0.1) is 11.6 Å². The van der Waals surface area contributed by atoms with Gasteiger partial charge in [0.25, 0.3) is 0 Å². The molecule has 0 aliphatic heterocycles. The largest absolute Gasteiger partial charge is 0.393 e. The van der Waals surface area contributed by atoms with Crippen molar-refractivity contribution in [3.05, 3.63) is 54.3 Å². The Hall–Kier alpha value is -1.80. The smallest absolute Gasteiger partial charge is 0.0577 e. The van der Waals surface area contributed by atoms with E-state index >= 15 is 0 Å². The number of aliphatic hydroxyl groups excluding tert-OH is 1. The van der Waals surface area contributed by atoms with Crippen LogP contribution in [-0.2, 0) is 0 Å². The van der Waals surface area contributed by atoms with Crippen molar-refractivity contribution in [2.24, 2.45) is 28.6 Å². The van der Waals surface area contributed by atoms with Gasteiger partial charge in [-0.15, -0.1) is 0 Å². The highest BCUT2D eigenvalue weighted by atomic mass is 16.3. The molecule has 1 aromatic carbocycles. The number of aromatic nitrogens is 1. The van der Waals surface area contributed by atoms with Crippen molar-refractivity contribution >= 4 is 16.6 Å². The van der Waals surface area contributed by atoms with Crippen molar-refractivity contribution in [2.75, 3.05) is 0 Å². The van der Waals surface area contributed by atoms with Gasteiger partial charge in [0.1, 0.15) is 0 Å². The molecule has 4 aliphatic rings. The van der Waals surface area contributed by atoms with Crippen molar-refractivity contribution in [3.8, 4) is 0 Å². The second-order valence-corrected chi connectivity index (χ2v) is 10.7. The van der Waals surface area contributed by atoms with Gasteiger partial charge in [-0.05, 0) is 85.6 Å².